The number of carbonyl (C=O) groups is 8. The van der Waals surface area contributed by atoms with Crippen molar-refractivity contribution in [1.82, 2.24) is 20.9 Å². The maximum absolute atomic E-state index is 13.5. The number of hydrogen-bond acceptors (Lipinski definition) is 8. The second kappa shape index (κ2) is 21.9. The molecule has 8 N–H and O–H groups in total. The van der Waals surface area contributed by atoms with Gasteiger partial charge in [0.1, 0.15) is 24.2 Å². The third kappa shape index (κ3) is 15.7. The summed E-state index contributed by atoms with van der Waals surface area (Å²) in [6.45, 7) is 9.04. The Morgan fingerprint density at radius 2 is 1.40 bits per heavy atom. The highest BCUT2D eigenvalue weighted by Crippen LogP contribution is 2.21. The van der Waals surface area contributed by atoms with Gasteiger partial charge >= 0.3 is 30.1 Å². The molecule has 17 nitrogen and oxygen atoms in total. The number of urea groups is 1. The smallest absolute Gasteiger partial charge is 0.481 e. The maximum Gasteiger partial charge on any atom is 0.490 e. The average molecular weight is 823 g/mol. The highest BCUT2D eigenvalue weighted by molar-refractivity contribution is 6.00. The van der Waals surface area contributed by atoms with Crippen molar-refractivity contribution in [3.63, 3.8) is 0 Å². The van der Waals surface area contributed by atoms with Gasteiger partial charge in [-0.2, -0.15) is 13.2 Å². The minimum atomic E-state index is -5.08. The first-order valence-corrected chi connectivity index (χ1v) is 18.2. The Bertz CT molecular complexity index is 1800. The van der Waals surface area contributed by atoms with Crippen molar-refractivity contribution in [1.29, 1.82) is 0 Å². The quantitative estimate of drug-likeness (QED) is 0.122. The number of anilines is 2. The summed E-state index contributed by atoms with van der Waals surface area (Å²) in [5.74, 6) is -8.68. The number of carboxylic acid groups (broad SMARTS) is 3. The zero-order valence-corrected chi connectivity index (χ0v) is 32.5. The Labute approximate surface area is 332 Å². The van der Waals surface area contributed by atoms with Crippen molar-refractivity contribution >= 4 is 58.9 Å². The molecule has 0 saturated carbocycles. The number of likely N-dealkylation sites (tertiary alicyclic amines) is 1. The minimum Gasteiger partial charge on any atom is -0.481 e. The molecule has 2 aromatic rings. The number of hydrogen-bond donors (Lipinski definition) is 8. The van der Waals surface area contributed by atoms with Crippen LogP contribution in [0.5, 0.6) is 0 Å². The molecule has 318 valence electrons. The van der Waals surface area contributed by atoms with Crippen LogP contribution in [0.2, 0.25) is 0 Å². The molecule has 0 spiro atoms. The van der Waals surface area contributed by atoms with Gasteiger partial charge in [0.25, 0.3) is 0 Å². The van der Waals surface area contributed by atoms with Crippen molar-refractivity contribution in [2.75, 3.05) is 17.2 Å². The fourth-order valence-corrected chi connectivity index (χ4v) is 5.73. The molecule has 58 heavy (non-hydrogen) atoms. The Balaban J connectivity index is 0.00000151. The molecular weight excluding hydrogens is 773 g/mol. The predicted octanol–water partition coefficient (Wildman–Crippen LogP) is 3.52. The van der Waals surface area contributed by atoms with Crippen molar-refractivity contribution in [2.45, 2.75) is 97.1 Å². The highest BCUT2D eigenvalue weighted by Gasteiger charge is 2.40. The normalized spacial score (nSPS) is 15.2. The van der Waals surface area contributed by atoms with Crippen LogP contribution >= 0.6 is 0 Å². The van der Waals surface area contributed by atoms with Gasteiger partial charge < -0.3 is 46.8 Å². The van der Waals surface area contributed by atoms with Crippen LogP contribution in [0.1, 0.15) is 64.5 Å². The third-order valence-corrected chi connectivity index (χ3v) is 8.63. The lowest BCUT2D eigenvalue weighted by Gasteiger charge is -2.30. The molecule has 1 saturated heterocycles. The zero-order valence-electron chi connectivity index (χ0n) is 32.5. The summed E-state index contributed by atoms with van der Waals surface area (Å²) in [5, 5.41) is 39.3. The predicted molar refractivity (Wildman–Crippen MR) is 202 cm³/mol. The number of para-hydroxylation sites is 1. The second-order valence-corrected chi connectivity index (χ2v) is 14.2. The average Bonchev–Trinajstić information content (AvgIpc) is 3.62. The monoisotopic (exact) mass is 822 g/mol. The van der Waals surface area contributed by atoms with E-state index in [0.29, 0.717) is 23.4 Å². The number of halogens is 3. The number of rotatable bonds is 16. The van der Waals surface area contributed by atoms with Gasteiger partial charge in [-0.05, 0) is 67.3 Å². The van der Waals surface area contributed by atoms with Crippen molar-refractivity contribution in [3.8, 4) is 0 Å². The van der Waals surface area contributed by atoms with E-state index >= 15 is 0 Å². The molecule has 4 atom stereocenters. The number of carbonyl (C=O) groups excluding carboxylic acids is 5. The number of nitrogens with zero attached hydrogens (tertiary/aromatic N) is 1. The Hall–Kier alpha value is -6.21. The van der Waals surface area contributed by atoms with Crippen LogP contribution < -0.4 is 26.6 Å². The van der Waals surface area contributed by atoms with E-state index < -0.39 is 90.3 Å². The fourth-order valence-electron chi connectivity index (χ4n) is 5.73. The number of alkyl halides is 3. The second-order valence-electron chi connectivity index (χ2n) is 14.2. The maximum atomic E-state index is 13.5. The lowest BCUT2D eigenvalue weighted by molar-refractivity contribution is -0.192. The number of aryl methyl sites for hydroxylation is 1. The molecule has 0 radical (unpaired) electrons. The summed E-state index contributed by atoms with van der Waals surface area (Å²) < 4.78 is 31.7. The lowest BCUT2D eigenvalue weighted by Crippen LogP contribution is -2.59. The van der Waals surface area contributed by atoms with Crippen LogP contribution in [0.15, 0.2) is 48.5 Å². The van der Waals surface area contributed by atoms with E-state index in [4.69, 9.17) is 9.90 Å². The minimum absolute atomic E-state index is 0.0745. The summed E-state index contributed by atoms with van der Waals surface area (Å²) in [6, 6.07) is 8.57. The van der Waals surface area contributed by atoms with E-state index in [1.165, 1.54) is 4.90 Å². The Morgan fingerprint density at radius 3 is 1.91 bits per heavy atom. The van der Waals surface area contributed by atoms with E-state index in [2.05, 4.69) is 26.6 Å². The molecule has 6 amide bonds. The van der Waals surface area contributed by atoms with E-state index in [1.807, 2.05) is 39.0 Å². The fraction of sp³-hybridized carbons (Fsp3) is 0.474. The van der Waals surface area contributed by atoms with Crippen LogP contribution in [0.25, 0.3) is 0 Å². The van der Waals surface area contributed by atoms with Gasteiger partial charge in [-0.15, -0.1) is 0 Å². The number of nitrogens with one attached hydrogen (secondary N) is 5. The summed E-state index contributed by atoms with van der Waals surface area (Å²) in [5.41, 5.74) is 2.66. The number of benzene rings is 2. The Morgan fingerprint density at radius 1 is 0.810 bits per heavy atom. The first-order valence-electron chi connectivity index (χ1n) is 18.2. The zero-order chi connectivity index (χ0) is 43.9. The number of amides is 6. The summed E-state index contributed by atoms with van der Waals surface area (Å²) in [7, 11) is 0. The van der Waals surface area contributed by atoms with E-state index in [9.17, 15) is 56.9 Å². The molecule has 1 fully saturated rings. The van der Waals surface area contributed by atoms with Gasteiger partial charge in [-0.25, -0.2) is 14.4 Å². The molecule has 1 aliphatic heterocycles. The molecule has 0 aromatic heterocycles. The van der Waals surface area contributed by atoms with E-state index in [-0.39, 0.29) is 31.7 Å². The third-order valence-electron chi connectivity index (χ3n) is 8.63. The molecule has 20 heteroatoms. The number of aliphatic carboxylic acids is 3. The van der Waals surface area contributed by atoms with Crippen LogP contribution in [0, 0.1) is 18.8 Å². The summed E-state index contributed by atoms with van der Waals surface area (Å²) in [4.78, 5) is 99.1. The van der Waals surface area contributed by atoms with Gasteiger partial charge in [-0.3, -0.25) is 24.0 Å². The lowest BCUT2D eigenvalue weighted by atomic mass is 10.00. The molecular formula is C38H49F3N6O11. The number of carboxylic acids is 3. The van der Waals surface area contributed by atoms with Crippen LogP contribution in [-0.2, 0) is 40.0 Å². The van der Waals surface area contributed by atoms with E-state index in [0.717, 1.165) is 5.56 Å². The SMILES string of the molecule is Cc1ccccc1NC(=O)Nc1ccc(CC(=O)N[C@@H](CC(C)C)C(=O)N[C@@H](CC(=O)O)C(=O)N[C@H](C(=O)N2CCC[C@H]2C(=O)O)C(C)C)cc1.O=C(O)C(F)(F)F. The van der Waals surface area contributed by atoms with Gasteiger partial charge in [0.05, 0.1) is 12.8 Å². The molecule has 3 rings (SSSR count). The Kier molecular flexibility index (Phi) is 18.1. The molecule has 1 heterocycles. The molecule has 0 unspecified atom stereocenters. The van der Waals surface area contributed by atoms with E-state index in [1.54, 1.807) is 44.2 Å². The standard InChI is InChI=1S/C36H48N6O9.C2HF3O2/c1-20(2)17-26(38-29(43)18-23-12-14-24(15-13-23)37-36(51)40-25-10-7-6-9-22(25)5)32(46)39-27(19-30(44)45)33(47)41-31(21(3)4)34(48)42-16-8-11-28(42)35(49)50;3-2(4,5)1(6)7/h6-7,9-10,12-15,20-21,26-28,31H,8,11,16-19H2,1-5H3,(H,38,43)(H,39,46)(H,41,47)(H,44,45)(H,49,50)(H2,37,40,51);(H,6,7)/t26-,27-,28-,31-;/m0./s1. The van der Waals surface area contributed by atoms with Gasteiger partial charge in [0.15, 0.2) is 0 Å². The van der Waals surface area contributed by atoms with Crippen LogP contribution in [-0.4, -0.2) is 105 Å². The highest BCUT2D eigenvalue weighted by atomic mass is 19.4. The van der Waals surface area contributed by atoms with Crippen molar-refractivity contribution < 1.29 is 66.8 Å². The molecule has 0 aliphatic carbocycles. The van der Waals surface area contributed by atoms with Gasteiger partial charge in [0, 0.05) is 17.9 Å². The van der Waals surface area contributed by atoms with Crippen LogP contribution in [0.3, 0.4) is 0 Å². The molecule has 1 aliphatic rings. The van der Waals surface area contributed by atoms with Crippen molar-refractivity contribution in [3.05, 3.63) is 59.7 Å². The largest absolute Gasteiger partial charge is 0.490 e. The first kappa shape index (κ1) is 47.9. The van der Waals surface area contributed by atoms with Crippen molar-refractivity contribution in [2.24, 2.45) is 11.8 Å². The summed E-state index contributed by atoms with van der Waals surface area (Å²) >= 11 is 0. The van der Waals surface area contributed by atoms with Gasteiger partial charge in [-0.1, -0.05) is 58.0 Å². The summed E-state index contributed by atoms with van der Waals surface area (Å²) in [6.07, 6.45) is -5.06. The van der Waals surface area contributed by atoms with Gasteiger partial charge in [0.2, 0.25) is 23.6 Å². The molecule has 2 aromatic carbocycles. The van der Waals surface area contributed by atoms with Crippen LogP contribution in [0.4, 0.5) is 29.3 Å². The topological polar surface area (TPSA) is 261 Å². The molecule has 0 bridgehead atoms. The first-order chi connectivity index (χ1) is 27.0.